The number of hydrogen-bond donors (Lipinski definition) is 1. The zero-order valence-electron chi connectivity index (χ0n) is 10.0. The largest absolute Gasteiger partial charge is 0.349 e. The predicted molar refractivity (Wildman–Crippen MR) is 69.9 cm³/mol. The molecule has 0 saturated heterocycles. The normalized spacial score (nSPS) is 11.9. The van der Waals surface area contributed by atoms with Gasteiger partial charge in [0.15, 0.2) is 0 Å². The zero-order chi connectivity index (χ0) is 11.6. The van der Waals surface area contributed by atoms with Crippen LogP contribution in [0.4, 0.5) is 0 Å². The lowest BCUT2D eigenvalue weighted by Gasteiger charge is -2.17. The van der Waals surface area contributed by atoms with Gasteiger partial charge in [0, 0.05) is 6.04 Å². The Morgan fingerprint density at radius 2 is 2.00 bits per heavy atom. The van der Waals surface area contributed by atoms with E-state index in [2.05, 4.69) is 31.0 Å². The van der Waals surface area contributed by atoms with Crippen LogP contribution in [-0.4, -0.2) is 20.0 Å². The van der Waals surface area contributed by atoms with Gasteiger partial charge in [0.2, 0.25) is 0 Å². The molecule has 0 unspecified atom stereocenters. The van der Waals surface area contributed by atoms with Crippen LogP contribution in [0.3, 0.4) is 0 Å². The standard InChI is InChI=1S/C11H19NOSSi/c1-8(2)12-11(13)10-9(6-7-14-10)15(3,4)5/h6-8H,1-5H3,(H,12,13). The van der Waals surface area contributed by atoms with Crippen molar-refractivity contribution in [3.8, 4) is 0 Å². The topological polar surface area (TPSA) is 29.1 Å². The number of nitrogens with one attached hydrogen (secondary N) is 1. The van der Waals surface area contributed by atoms with Crippen LogP contribution in [-0.2, 0) is 0 Å². The number of thiophene rings is 1. The van der Waals surface area contributed by atoms with Crippen molar-refractivity contribution in [3.05, 3.63) is 16.3 Å². The molecule has 1 aromatic rings. The van der Waals surface area contributed by atoms with E-state index in [1.165, 1.54) is 5.19 Å². The van der Waals surface area contributed by atoms with E-state index in [0.717, 1.165) is 4.88 Å². The Morgan fingerprint density at radius 3 is 2.47 bits per heavy atom. The van der Waals surface area contributed by atoms with Crippen LogP contribution in [0.25, 0.3) is 0 Å². The maximum absolute atomic E-state index is 11.9. The minimum atomic E-state index is -1.39. The Balaban J connectivity index is 2.96. The first kappa shape index (κ1) is 12.5. The second kappa shape index (κ2) is 4.49. The summed E-state index contributed by atoms with van der Waals surface area (Å²) in [6.45, 7) is 10.8. The van der Waals surface area contributed by atoms with Gasteiger partial charge in [-0.25, -0.2) is 0 Å². The predicted octanol–water partition coefficient (Wildman–Crippen LogP) is 2.43. The van der Waals surface area contributed by atoms with Gasteiger partial charge in [-0.15, -0.1) is 11.3 Å². The SMILES string of the molecule is CC(C)NC(=O)c1sccc1[Si](C)(C)C. The highest BCUT2D eigenvalue weighted by Crippen LogP contribution is 2.13. The van der Waals surface area contributed by atoms with E-state index in [1.54, 1.807) is 11.3 Å². The molecule has 84 valence electrons. The first-order chi connectivity index (χ1) is 6.82. The van der Waals surface area contributed by atoms with Crippen LogP contribution in [0, 0.1) is 0 Å². The van der Waals surface area contributed by atoms with Crippen molar-refractivity contribution in [1.82, 2.24) is 5.32 Å². The molecule has 0 radical (unpaired) electrons. The molecule has 1 aromatic heterocycles. The van der Waals surface area contributed by atoms with Crippen molar-refractivity contribution in [2.24, 2.45) is 0 Å². The van der Waals surface area contributed by atoms with Crippen LogP contribution < -0.4 is 10.5 Å². The van der Waals surface area contributed by atoms with Crippen LogP contribution >= 0.6 is 11.3 Å². The lowest BCUT2D eigenvalue weighted by atomic mass is 10.3. The van der Waals surface area contributed by atoms with E-state index in [1.807, 2.05) is 19.2 Å². The molecule has 0 fully saturated rings. The van der Waals surface area contributed by atoms with Crippen LogP contribution in [0.2, 0.25) is 19.6 Å². The number of amides is 1. The first-order valence-electron chi connectivity index (χ1n) is 5.21. The number of rotatable bonds is 3. The minimum absolute atomic E-state index is 0.0809. The summed E-state index contributed by atoms with van der Waals surface area (Å²) in [5.74, 6) is 0.0809. The fraction of sp³-hybridized carbons (Fsp3) is 0.545. The molecule has 0 aliphatic heterocycles. The van der Waals surface area contributed by atoms with E-state index < -0.39 is 8.07 Å². The Labute approximate surface area is 96.7 Å². The summed E-state index contributed by atoms with van der Waals surface area (Å²) in [4.78, 5) is 12.8. The quantitative estimate of drug-likeness (QED) is 0.809. The molecule has 15 heavy (non-hydrogen) atoms. The molecule has 1 N–H and O–H groups in total. The van der Waals surface area contributed by atoms with Crippen molar-refractivity contribution in [1.29, 1.82) is 0 Å². The highest BCUT2D eigenvalue weighted by Gasteiger charge is 2.24. The lowest BCUT2D eigenvalue weighted by molar-refractivity contribution is 0.0948. The number of carbonyl (C=O) groups excluding carboxylic acids is 1. The van der Waals surface area contributed by atoms with E-state index in [0.29, 0.717) is 0 Å². The highest BCUT2D eigenvalue weighted by atomic mass is 32.1. The van der Waals surface area contributed by atoms with Gasteiger partial charge < -0.3 is 5.32 Å². The average molecular weight is 241 g/mol. The molecular weight excluding hydrogens is 222 g/mol. The molecule has 2 nitrogen and oxygen atoms in total. The molecule has 4 heteroatoms. The van der Waals surface area contributed by atoms with Crippen molar-refractivity contribution >= 4 is 30.5 Å². The van der Waals surface area contributed by atoms with Gasteiger partial charge in [-0.1, -0.05) is 25.7 Å². The summed E-state index contributed by atoms with van der Waals surface area (Å²) < 4.78 is 0. The summed E-state index contributed by atoms with van der Waals surface area (Å²) in [6, 6.07) is 2.31. The van der Waals surface area contributed by atoms with E-state index in [9.17, 15) is 4.79 Å². The van der Waals surface area contributed by atoms with Gasteiger partial charge in [0.05, 0.1) is 13.0 Å². The van der Waals surface area contributed by atoms with Gasteiger partial charge in [0.25, 0.3) is 5.91 Å². The Kier molecular flexibility index (Phi) is 3.73. The van der Waals surface area contributed by atoms with Crippen LogP contribution in [0.5, 0.6) is 0 Å². The van der Waals surface area contributed by atoms with Gasteiger partial charge in [0.1, 0.15) is 0 Å². The fourth-order valence-corrected chi connectivity index (χ4v) is 4.70. The molecule has 0 spiro atoms. The van der Waals surface area contributed by atoms with E-state index >= 15 is 0 Å². The van der Waals surface area contributed by atoms with Crippen LogP contribution in [0.15, 0.2) is 11.4 Å². The minimum Gasteiger partial charge on any atom is -0.349 e. The molecule has 0 aromatic carbocycles. The molecular formula is C11H19NOSSi. The van der Waals surface area contributed by atoms with E-state index in [4.69, 9.17) is 0 Å². The fourth-order valence-electron chi connectivity index (χ4n) is 1.40. The van der Waals surface area contributed by atoms with Gasteiger partial charge in [-0.2, -0.15) is 0 Å². The number of carbonyl (C=O) groups is 1. The summed E-state index contributed by atoms with van der Waals surface area (Å²) in [5, 5.41) is 6.24. The molecule has 0 aliphatic carbocycles. The molecule has 0 saturated carbocycles. The maximum Gasteiger partial charge on any atom is 0.261 e. The second-order valence-corrected chi connectivity index (χ2v) is 11.0. The zero-order valence-corrected chi connectivity index (χ0v) is 11.9. The summed E-state index contributed by atoms with van der Waals surface area (Å²) in [6.07, 6.45) is 0. The second-order valence-electron chi connectivity index (χ2n) is 5.04. The van der Waals surface area contributed by atoms with Crippen molar-refractivity contribution in [2.45, 2.75) is 39.5 Å². The Bertz CT molecular complexity index is 352. The van der Waals surface area contributed by atoms with Gasteiger partial charge in [-0.05, 0) is 24.4 Å². The smallest absolute Gasteiger partial charge is 0.261 e. The molecule has 1 amide bonds. The molecule has 1 heterocycles. The number of hydrogen-bond acceptors (Lipinski definition) is 2. The third-order valence-electron chi connectivity index (χ3n) is 2.10. The average Bonchev–Trinajstić information content (AvgIpc) is 2.48. The summed E-state index contributed by atoms with van der Waals surface area (Å²) >= 11 is 1.55. The van der Waals surface area contributed by atoms with Crippen LogP contribution in [0.1, 0.15) is 23.5 Å². The van der Waals surface area contributed by atoms with E-state index in [-0.39, 0.29) is 11.9 Å². The molecule has 0 bridgehead atoms. The third-order valence-corrected chi connectivity index (χ3v) is 5.23. The van der Waals surface area contributed by atoms with Crippen molar-refractivity contribution in [3.63, 3.8) is 0 Å². The van der Waals surface area contributed by atoms with Crippen molar-refractivity contribution in [2.75, 3.05) is 0 Å². The lowest BCUT2D eigenvalue weighted by Crippen LogP contribution is -2.42. The van der Waals surface area contributed by atoms with Gasteiger partial charge >= 0.3 is 0 Å². The first-order valence-corrected chi connectivity index (χ1v) is 9.59. The van der Waals surface area contributed by atoms with Gasteiger partial charge in [-0.3, -0.25) is 4.79 Å². The summed E-state index contributed by atoms with van der Waals surface area (Å²) in [5.41, 5.74) is 0. The van der Waals surface area contributed by atoms with Crippen molar-refractivity contribution < 1.29 is 4.79 Å². The highest BCUT2D eigenvalue weighted by molar-refractivity contribution is 7.14. The monoisotopic (exact) mass is 241 g/mol. The third kappa shape index (κ3) is 3.17. The maximum atomic E-state index is 11.9. The molecule has 0 aliphatic rings. The summed E-state index contributed by atoms with van der Waals surface area (Å²) in [7, 11) is -1.39. The molecule has 1 rings (SSSR count). The Hall–Kier alpha value is -0.613. The molecule has 0 atom stereocenters. The Morgan fingerprint density at radius 1 is 1.40 bits per heavy atom.